The van der Waals surface area contributed by atoms with Crippen LogP contribution in [0.25, 0.3) is 10.9 Å². The highest BCUT2D eigenvalue weighted by Gasteiger charge is 2.28. The van der Waals surface area contributed by atoms with E-state index in [0.29, 0.717) is 28.1 Å². The summed E-state index contributed by atoms with van der Waals surface area (Å²) < 4.78 is 15.7. The first kappa shape index (κ1) is 24.6. The second kappa shape index (κ2) is 10.2. The second-order valence-corrected chi connectivity index (χ2v) is 10.9. The Morgan fingerprint density at radius 2 is 1.92 bits per heavy atom. The van der Waals surface area contributed by atoms with E-state index >= 15 is 0 Å². The molecule has 0 saturated heterocycles. The Hall–Kier alpha value is -3.70. The topological polar surface area (TPSA) is 91.5 Å². The maximum Gasteiger partial charge on any atom is 0.123 e. The van der Waals surface area contributed by atoms with E-state index in [9.17, 15) is 9.65 Å². The van der Waals surface area contributed by atoms with Crippen LogP contribution < -0.4 is 10.6 Å². The minimum atomic E-state index is -0.376. The van der Waals surface area contributed by atoms with Crippen LogP contribution in [0, 0.1) is 23.1 Å². The summed E-state index contributed by atoms with van der Waals surface area (Å²) in [6, 6.07) is 12.8. The molecular formula is C29H29ClFN7. The van der Waals surface area contributed by atoms with Gasteiger partial charge in [-0.05, 0) is 61.4 Å². The molecule has 3 atom stereocenters. The number of benzene rings is 2. The van der Waals surface area contributed by atoms with Crippen molar-refractivity contribution in [1.82, 2.24) is 20.0 Å². The van der Waals surface area contributed by atoms with Crippen LogP contribution >= 0.6 is 11.6 Å². The van der Waals surface area contributed by atoms with Gasteiger partial charge in [0.25, 0.3) is 0 Å². The minimum Gasteiger partial charge on any atom is -0.380 e. The van der Waals surface area contributed by atoms with E-state index in [1.807, 2.05) is 23.0 Å². The first-order valence-corrected chi connectivity index (χ1v) is 13.6. The molecule has 7 nitrogen and oxygen atoms in total. The molecule has 0 bridgehead atoms. The number of nitrogens with zero attached hydrogens (tertiary/aromatic N) is 5. The highest BCUT2D eigenvalue weighted by atomic mass is 35.5. The number of aromatic nitrogens is 4. The fourth-order valence-corrected chi connectivity index (χ4v) is 5.66. The van der Waals surface area contributed by atoms with Crippen molar-refractivity contribution < 1.29 is 4.39 Å². The lowest BCUT2D eigenvalue weighted by Crippen LogP contribution is -2.30. The first-order chi connectivity index (χ1) is 18.5. The summed E-state index contributed by atoms with van der Waals surface area (Å²) in [6.07, 6.45) is 10.4. The molecule has 0 aliphatic heterocycles. The lowest BCUT2D eigenvalue weighted by molar-refractivity contribution is 0.349. The highest BCUT2D eigenvalue weighted by molar-refractivity contribution is 6.35. The van der Waals surface area contributed by atoms with Gasteiger partial charge in [-0.15, -0.1) is 5.10 Å². The van der Waals surface area contributed by atoms with Crippen molar-refractivity contribution in [2.45, 2.75) is 63.6 Å². The average molecular weight is 530 g/mol. The third-order valence-electron chi connectivity index (χ3n) is 7.75. The SMILES string of the molecule is CC1CCCCC1Nc1c(C#N)cnc2c(Cl)cc(NC(c3ccc(F)cc3)c3cn(C4CC4)nn3)cc12. The van der Waals surface area contributed by atoms with Crippen LogP contribution in [0.4, 0.5) is 15.8 Å². The van der Waals surface area contributed by atoms with Gasteiger partial charge in [-0.3, -0.25) is 4.98 Å². The molecule has 0 radical (unpaired) electrons. The molecule has 0 amide bonds. The Kier molecular flexibility index (Phi) is 6.62. The number of pyridine rings is 1. The number of halogens is 2. The van der Waals surface area contributed by atoms with Crippen molar-refractivity contribution in [2.24, 2.45) is 5.92 Å². The quantitative estimate of drug-likeness (QED) is 0.267. The predicted molar refractivity (Wildman–Crippen MR) is 147 cm³/mol. The summed E-state index contributed by atoms with van der Waals surface area (Å²) in [4.78, 5) is 4.51. The predicted octanol–water partition coefficient (Wildman–Crippen LogP) is 7.02. The van der Waals surface area contributed by atoms with Crippen LogP contribution in [0.3, 0.4) is 0 Å². The molecule has 2 aliphatic carbocycles. The molecule has 2 N–H and O–H groups in total. The number of rotatable bonds is 7. The Morgan fingerprint density at radius 1 is 1.13 bits per heavy atom. The molecule has 2 heterocycles. The van der Waals surface area contributed by atoms with Gasteiger partial charge in [0.05, 0.1) is 40.1 Å². The second-order valence-electron chi connectivity index (χ2n) is 10.5. The molecule has 4 aromatic rings. The number of anilines is 2. The maximum atomic E-state index is 13.8. The Labute approximate surface area is 226 Å². The van der Waals surface area contributed by atoms with E-state index in [1.165, 1.54) is 25.0 Å². The van der Waals surface area contributed by atoms with Gasteiger partial charge in [-0.2, -0.15) is 5.26 Å². The van der Waals surface area contributed by atoms with Crippen molar-refractivity contribution in [3.05, 3.63) is 76.5 Å². The molecule has 2 fully saturated rings. The molecule has 38 heavy (non-hydrogen) atoms. The smallest absolute Gasteiger partial charge is 0.123 e. The zero-order valence-electron chi connectivity index (χ0n) is 21.2. The molecule has 2 saturated carbocycles. The fraction of sp³-hybridized carbons (Fsp3) is 0.379. The maximum absolute atomic E-state index is 13.8. The standard InChI is InChI=1S/C29H29ClFN7/c1-17-4-2-3-5-25(17)35-27-19(14-32)15-33-29-23(27)12-21(13-24(29)30)34-28(18-6-8-20(31)9-7-18)26-16-38(37-36-26)22-10-11-22/h6-9,12-13,15-17,22,25,28,34H,2-5,10-11H2,1H3,(H,33,35). The van der Waals surface area contributed by atoms with Crippen LogP contribution in [-0.4, -0.2) is 26.0 Å². The van der Waals surface area contributed by atoms with Crippen molar-refractivity contribution in [2.75, 3.05) is 10.6 Å². The lowest BCUT2D eigenvalue weighted by Gasteiger charge is -2.31. The average Bonchev–Trinajstić information content (AvgIpc) is 3.66. The monoisotopic (exact) mass is 529 g/mol. The summed E-state index contributed by atoms with van der Waals surface area (Å²) in [7, 11) is 0. The van der Waals surface area contributed by atoms with E-state index in [2.05, 4.69) is 38.9 Å². The lowest BCUT2D eigenvalue weighted by atomic mass is 9.85. The summed E-state index contributed by atoms with van der Waals surface area (Å²) in [5.41, 5.74) is 4.22. The number of nitrogens with one attached hydrogen (secondary N) is 2. The molecule has 2 aromatic carbocycles. The van der Waals surface area contributed by atoms with Gasteiger partial charge >= 0.3 is 0 Å². The Bertz CT molecular complexity index is 1510. The molecule has 2 aromatic heterocycles. The van der Waals surface area contributed by atoms with Crippen molar-refractivity contribution >= 4 is 33.9 Å². The molecule has 2 aliphatic rings. The van der Waals surface area contributed by atoms with Gasteiger partial charge in [0.15, 0.2) is 0 Å². The normalized spacial score (nSPS) is 20.2. The van der Waals surface area contributed by atoms with Crippen LogP contribution in [0.5, 0.6) is 0 Å². The van der Waals surface area contributed by atoms with Crippen molar-refractivity contribution in [3.63, 3.8) is 0 Å². The van der Waals surface area contributed by atoms with Crippen LogP contribution in [-0.2, 0) is 0 Å². The Balaban J connectivity index is 1.41. The highest BCUT2D eigenvalue weighted by Crippen LogP contribution is 2.38. The van der Waals surface area contributed by atoms with E-state index in [4.69, 9.17) is 11.6 Å². The van der Waals surface area contributed by atoms with Crippen LogP contribution in [0.15, 0.2) is 48.8 Å². The van der Waals surface area contributed by atoms with E-state index in [0.717, 1.165) is 53.7 Å². The van der Waals surface area contributed by atoms with E-state index in [-0.39, 0.29) is 17.9 Å². The molecule has 9 heteroatoms. The van der Waals surface area contributed by atoms with E-state index < -0.39 is 0 Å². The van der Waals surface area contributed by atoms with Gasteiger partial charge in [-0.25, -0.2) is 9.07 Å². The largest absolute Gasteiger partial charge is 0.380 e. The van der Waals surface area contributed by atoms with Gasteiger partial charge in [0, 0.05) is 23.3 Å². The molecular weight excluding hydrogens is 501 g/mol. The van der Waals surface area contributed by atoms with Gasteiger partial charge in [-0.1, -0.05) is 48.7 Å². The summed E-state index contributed by atoms with van der Waals surface area (Å²) in [5, 5.41) is 27.2. The van der Waals surface area contributed by atoms with Crippen molar-refractivity contribution in [3.8, 4) is 6.07 Å². The van der Waals surface area contributed by atoms with Gasteiger partial charge in [0.2, 0.25) is 0 Å². The molecule has 0 spiro atoms. The third kappa shape index (κ3) is 4.91. The number of hydrogen-bond acceptors (Lipinski definition) is 6. The van der Waals surface area contributed by atoms with Gasteiger partial charge < -0.3 is 10.6 Å². The van der Waals surface area contributed by atoms with Crippen molar-refractivity contribution in [1.29, 1.82) is 5.26 Å². The van der Waals surface area contributed by atoms with Crippen LogP contribution in [0.2, 0.25) is 5.02 Å². The Morgan fingerprint density at radius 3 is 2.66 bits per heavy atom. The zero-order valence-corrected chi connectivity index (χ0v) is 21.9. The fourth-order valence-electron chi connectivity index (χ4n) is 5.39. The van der Waals surface area contributed by atoms with Gasteiger partial charge in [0.1, 0.15) is 17.6 Å². The van der Waals surface area contributed by atoms with E-state index in [1.54, 1.807) is 18.3 Å². The summed E-state index contributed by atoms with van der Waals surface area (Å²) >= 11 is 6.76. The summed E-state index contributed by atoms with van der Waals surface area (Å²) in [6.45, 7) is 2.26. The minimum absolute atomic E-state index is 0.279. The third-order valence-corrected chi connectivity index (χ3v) is 8.03. The zero-order chi connectivity index (χ0) is 26.2. The van der Waals surface area contributed by atoms with Crippen LogP contribution in [0.1, 0.15) is 74.4 Å². The number of nitriles is 1. The number of fused-ring (bicyclic) bond motifs is 1. The number of hydrogen-bond donors (Lipinski definition) is 2. The summed E-state index contributed by atoms with van der Waals surface area (Å²) in [5.74, 6) is 0.206. The molecule has 194 valence electrons. The first-order valence-electron chi connectivity index (χ1n) is 13.2. The molecule has 3 unspecified atom stereocenters. The molecule has 6 rings (SSSR count).